The van der Waals surface area contributed by atoms with Crippen molar-refractivity contribution in [1.29, 1.82) is 0 Å². The Kier molecular flexibility index (Phi) is 7.26. The monoisotopic (exact) mass is 531 g/mol. The number of benzene rings is 3. The molecule has 40 heavy (non-hydrogen) atoms. The highest BCUT2D eigenvalue weighted by Gasteiger charge is 2.16. The molecule has 0 aliphatic carbocycles. The number of nitrogens with one attached hydrogen (secondary N) is 1. The van der Waals surface area contributed by atoms with Gasteiger partial charge in [0.25, 0.3) is 11.2 Å². The molecule has 0 aliphatic rings. The summed E-state index contributed by atoms with van der Waals surface area (Å²) in [6.45, 7) is 15.8. The lowest BCUT2D eigenvalue weighted by molar-refractivity contribution is 0.0520. The Balaban J connectivity index is 1.51. The third kappa shape index (κ3) is 5.25. The number of carbonyl (C=O) groups is 1. The van der Waals surface area contributed by atoms with Crippen molar-refractivity contribution in [3.63, 3.8) is 0 Å². The maximum atomic E-state index is 13.5. The first kappa shape index (κ1) is 26.5. The number of aromatic nitrogens is 2. The molecule has 0 radical (unpaired) electrons. The van der Waals surface area contributed by atoms with Gasteiger partial charge in [-0.05, 0) is 80.8 Å². The van der Waals surface area contributed by atoms with Crippen molar-refractivity contribution in [3.05, 3.63) is 123 Å². The number of pyridine rings is 1. The molecule has 5 aromatic rings. The van der Waals surface area contributed by atoms with Gasteiger partial charge in [-0.2, -0.15) is 0 Å². The molecular formula is C33H29N3O4. The molecule has 0 bridgehead atoms. The molecule has 0 amide bonds. The number of carbonyl (C=O) groups excluding carboxylic acids is 1. The van der Waals surface area contributed by atoms with Crippen molar-refractivity contribution in [2.45, 2.75) is 34.2 Å². The van der Waals surface area contributed by atoms with Crippen molar-refractivity contribution in [2.24, 2.45) is 0 Å². The minimum atomic E-state index is -0.403. The average molecular weight is 532 g/mol. The SMILES string of the molecule is [C-]#[N+]c1c(C)cc(-c2cccc(Oc3ccc4cc(C(=O)OCC)[nH]c4c3)c2)n(Cc2ccc(C)cc2C)c1=O. The molecule has 0 saturated heterocycles. The topological polar surface area (TPSA) is 77.7 Å². The van der Waals surface area contributed by atoms with Gasteiger partial charge in [0.15, 0.2) is 0 Å². The predicted octanol–water partition coefficient (Wildman–Crippen LogP) is 7.49. The Hall–Kier alpha value is -5.09. The van der Waals surface area contributed by atoms with Crippen LogP contribution in [-0.2, 0) is 11.3 Å². The third-order valence-corrected chi connectivity index (χ3v) is 6.86. The first-order valence-electron chi connectivity index (χ1n) is 13.0. The van der Waals surface area contributed by atoms with Crippen LogP contribution in [0.25, 0.3) is 27.0 Å². The lowest BCUT2D eigenvalue weighted by Crippen LogP contribution is -2.23. The van der Waals surface area contributed by atoms with Crippen LogP contribution in [0.2, 0.25) is 0 Å². The lowest BCUT2D eigenvalue weighted by Gasteiger charge is -2.17. The van der Waals surface area contributed by atoms with E-state index >= 15 is 0 Å². The summed E-state index contributed by atoms with van der Waals surface area (Å²) in [6.07, 6.45) is 0. The van der Waals surface area contributed by atoms with Gasteiger partial charge in [-0.3, -0.25) is 4.79 Å². The molecule has 0 saturated carbocycles. The van der Waals surface area contributed by atoms with E-state index in [0.717, 1.165) is 33.2 Å². The van der Waals surface area contributed by atoms with Crippen LogP contribution in [0.15, 0.2) is 77.6 Å². The zero-order valence-electron chi connectivity index (χ0n) is 22.9. The van der Waals surface area contributed by atoms with Gasteiger partial charge >= 0.3 is 5.97 Å². The molecule has 2 heterocycles. The summed E-state index contributed by atoms with van der Waals surface area (Å²) in [6, 6.07) is 22.9. The van der Waals surface area contributed by atoms with Crippen molar-refractivity contribution in [3.8, 4) is 22.8 Å². The zero-order valence-corrected chi connectivity index (χ0v) is 22.9. The number of rotatable bonds is 7. The van der Waals surface area contributed by atoms with E-state index in [-0.39, 0.29) is 11.2 Å². The van der Waals surface area contributed by atoms with Crippen LogP contribution in [0, 0.1) is 27.3 Å². The second kappa shape index (κ2) is 11.0. The molecule has 7 heteroatoms. The van der Waals surface area contributed by atoms with Gasteiger partial charge in [0.1, 0.15) is 17.2 Å². The van der Waals surface area contributed by atoms with E-state index in [2.05, 4.69) is 15.9 Å². The molecule has 7 nitrogen and oxygen atoms in total. The highest BCUT2D eigenvalue weighted by Crippen LogP contribution is 2.31. The fourth-order valence-electron chi connectivity index (χ4n) is 4.83. The molecule has 2 aromatic heterocycles. The molecule has 0 unspecified atom stereocenters. The first-order chi connectivity index (χ1) is 19.3. The van der Waals surface area contributed by atoms with Gasteiger partial charge in [-0.25, -0.2) is 9.64 Å². The maximum Gasteiger partial charge on any atom is 0.354 e. The van der Waals surface area contributed by atoms with E-state index in [1.54, 1.807) is 24.5 Å². The van der Waals surface area contributed by atoms with E-state index in [9.17, 15) is 9.59 Å². The quantitative estimate of drug-likeness (QED) is 0.174. The first-order valence-corrected chi connectivity index (χ1v) is 13.0. The molecule has 0 spiro atoms. The summed E-state index contributed by atoms with van der Waals surface area (Å²) in [5.74, 6) is 0.779. The van der Waals surface area contributed by atoms with E-state index < -0.39 is 5.97 Å². The molecule has 1 N–H and O–H groups in total. The number of H-pyrrole nitrogens is 1. The number of aromatic amines is 1. The second-order valence-electron chi connectivity index (χ2n) is 9.78. The minimum absolute atomic E-state index is 0.127. The third-order valence-electron chi connectivity index (χ3n) is 6.86. The number of aryl methyl sites for hydroxylation is 3. The van der Waals surface area contributed by atoms with Crippen molar-refractivity contribution in [1.82, 2.24) is 9.55 Å². The summed E-state index contributed by atoms with van der Waals surface area (Å²) < 4.78 is 12.9. The van der Waals surface area contributed by atoms with E-state index in [4.69, 9.17) is 16.0 Å². The van der Waals surface area contributed by atoms with Crippen molar-refractivity contribution >= 4 is 22.6 Å². The highest BCUT2D eigenvalue weighted by atomic mass is 16.5. The number of ether oxygens (including phenoxy) is 2. The van der Waals surface area contributed by atoms with Crippen molar-refractivity contribution < 1.29 is 14.3 Å². The van der Waals surface area contributed by atoms with Crippen molar-refractivity contribution in [2.75, 3.05) is 6.61 Å². The van der Waals surface area contributed by atoms with E-state index in [1.807, 2.05) is 74.5 Å². The Bertz CT molecular complexity index is 1860. The molecule has 0 atom stereocenters. The molecule has 5 rings (SSSR count). The zero-order chi connectivity index (χ0) is 28.4. The fourth-order valence-corrected chi connectivity index (χ4v) is 4.83. The summed E-state index contributed by atoms with van der Waals surface area (Å²) >= 11 is 0. The molecule has 200 valence electrons. The fraction of sp³-hybridized carbons (Fsp3) is 0.182. The van der Waals surface area contributed by atoms with E-state index in [0.29, 0.717) is 41.6 Å². The van der Waals surface area contributed by atoms with Gasteiger partial charge in [0.2, 0.25) is 0 Å². The number of nitrogens with zero attached hydrogens (tertiary/aromatic N) is 2. The summed E-state index contributed by atoms with van der Waals surface area (Å²) in [5, 5.41) is 0.870. The van der Waals surface area contributed by atoms with E-state index in [1.165, 1.54) is 0 Å². The van der Waals surface area contributed by atoms with Gasteiger partial charge in [0, 0.05) is 28.2 Å². The number of fused-ring (bicyclic) bond motifs is 1. The molecule has 0 fully saturated rings. The van der Waals surface area contributed by atoms with Crippen LogP contribution in [0.1, 0.15) is 39.7 Å². The second-order valence-corrected chi connectivity index (χ2v) is 9.78. The normalized spacial score (nSPS) is 10.9. The number of hydrogen-bond acceptors (Lipinski definition) is 4. The van der Waals surface area contributed by atoms with Gasteiger partial charge in [-0.15, -0.1) is 0 Å². The van der Waals surface area contributed by atoms with Crippen LogP contribution in [0.5, 0.6) is 11.5 Å². The van der Waals surface area contributed by atoms with Crippen LogP contribution < -0.4 is 10.3 Å². The van der Waals surface area contributed by atoms with Gasteiger partial charge < -0.3 is 19.0 Å². The smallest absolute Gasteiger partial charge is 0.354 e. The Morgan fingerprint density at radius 3 is 2.50 bits per heavy atom. The average Bonchev–Trinajstić information content (AvgIpc) is 3.36. The summed E-state index contributed by atoms with van der Waals surface area (Å²) in [7, 11) is 0. The Morgan fingerprint density at radius 2 is 1.75 bits per heavy atom. The molecule has 3 aromatic carbocycles. The van der Waals surface area contributed by atoms with Crippen LogP contribution in [-0.4, -0.2) is 22.1 Å². The summed E-state index contributed by atoms with van der Waals surface area (Å²) in [5.41, 5.74) is 6.34. The van der Waals surface area contributed by atoms with Crippen LogP contribution in [0.4, 0.5) is 5.69 Å². The largest absolute Gasteiger partial charge is 0.461 e. The Labute approximate surface area is 232 Å². The van der Waals surface area contributed by atoms with Crippen LogP contribution in [0.3, 0.4) is 0 Å². The van der Waals surface area contributed by atoms with Gasteiger partial charge in [0.05, 0.1) is 19.7 Å². The Morgan fingerprint density at radius 1 is 0.950 bits per heavy atom. The standard InChI is InChI=1S/C33H29N3O4/c1-6-39-33(38)29-17-23-12-13-27(18-28(23)35-29)40-26-9-7-8-24(16-26)30-15-22(4)31(34-5)32(37)36(30)19-25-11-10-20(2)14-21(25)3/h7-18,35H,6,19H2,1-4H3. The number of hydrogen-bond donors (Lipinski definition) is 1. The molecular weight excluding hydrogens is 502 g/mol. The van der Waals surface area contributed by atoms with Crippen LogP contribution >= 0.6 is 0 Å². The van der Waals surface area contributed by atoms with Gasteiger partial charge in [-0.1, -0.05) is 35.9 Å². The lowest BCUT2D eigenvalue weighted by atomic mass is 10.0. The number of esters is 1. The highest BCUT2D eigenvalue weighted by molar-refractivity contribution is 5.95. The summed E-state index contributed by atoms with van der Waals surface area (Å²) in [4.78, 5) is 32.2. The maximum absolute atomic E-state index is 13.5. The predicted molar refractivity (Wildman–Crippen MR) is 156 cm³/mol. The molecule has 0 aliphatic heterocycles. The minimum Gasteiger partial charge on any atom is -0.461 e.